The van der Waals surface area contributed by atoms with Crippen LogP contribution in [0.1, 0.15) is 62.2 Å². The number of ether oxygens (including phenoxy) is 2. The number of nitrogens with two attached hydrogens (primary N) is 1. The Morgan fingerprint density at radius 2 is 1.72 bits per heavy atom. The van der Waals surface area contributed by atoms with E-state index >= 15 is 0 Å². The first-order chi connectivity index (χ1) is 15.8. The summed E-state index contributed by atoms with van der Waals surface area (Å²) in [7, 11) is 0. The first-order valence-corrected chi connectivity index (χ1v) is 12.8. The predicted molar refractivity (Wildman–Crippen MR) is 126 cm³/mol. The molecule has 0 amide bonds. The highest BCUT2D eigenvalue weighted by atomic mass is 16.6. The summed E-state index contributed by atoms with van der Waals surface area (Å²) in [5.74, 6) is 6.79. The summed E-state index contributed by atoms with van der Waals surface area (Å²) in [6, 6.07) is 9.19. The molecule has 5 N–H and O–H groups in total. The van der Waals surface area contributed by atoms with Gasteiger partial charge >= 0.3 is 0 Å². The average Bonchev–Trinajstić information content (AvgIpc) is 3.56. The average molecular weight is 444 g/mol. The zero-order chi connectivity index (χ0) is 21.8. The molecular formula is C25H41N5O2. The minimum Gasteiger partial charge on any atom is -0.372 e. The molecule has 7 heteroatoms. The van der Waals surface area contributed by atoms with Crippen LogP contribution in [0.2, 0.25) is 0 Å². The van der Waals surface area contributed by atoms with E-state index in [1.165, 1.54) is 63.6 Å². The lowest BCUT2D eigenvalue weighted by atomic mass is 9.89. The van der Waals surface area contributed by atoms with Crippen molar-refractivity contribution in [1.29, 1.82) is 0 Å². The summed E-state index contributed by atoms with van der Waals surface area (Å²) in [5, 5.41) is 7.43. The molecule has 1 aliphatic carbocycles. The molecule has 4 fully saturated rings. The van der Waals surface area contributed by atoms with Crippen LogP contribution in [0.5, 0.6) is 0 Å². The van der Waals surface area contributed by atoms with Gasteiger partial charge in [0.2, 0.25) is 0 Å². The minimum atomic E-state index is -0.126. The van der Waals surface area contributed by atoms with Crippen molar-refractivity contribution in [2.45, 2.75) is 81.9 Å². The van der Waals surface area contributed by atoms with Crippen LogP contribution in [0.25, 0.3) is 0 Å². The van der Waals surface area contributed by atoms with Gasteiger partial charge in [0, 0.05) is 6.54 Å². The van der Waals surface area contributed by atoms with E-state index in [9.17, 15) is 0 Å². The largest absolute Gasteiger partial charge is 0.372 e. The third-order valence-electron chi connectivity index (χ3n) is 7.88. The van der Waals surface area contributed by atoms with Crippen LogP contribution in [0.15, 0.2) is 24.3 Å². The van der Waals surface area contributed by atoms with E-state index < -0.39 is 0 Å². The minimum absolute atomic E-state index is 0.0717. The Morgan fingerprint density at radius 1 is 0.969 bits per heavy atom. The van der Waals surface area contributed by atoms with Crippen LogP contribution >= 0.6 is 0 Å². The van der Waals surface area contributed by atoms with E-state index in [0.29, 0.717) is 12.6 Å². The summed E-state index contributed by atoms with van der Waals surface area (Å²) < 4.78 is 12.4. The maximum Gasteiger partial charge on any atom is 0.103 e. The summed E-state index contributed by atoms with van der Waals surface area (Å²) in [6.45, 7) is 5.90. The highest BCUT2D eigenvalue weighted by Gasteiger charge is 2.48. The third-order valence-corrected chi connectivity index (χ3v) is 7.88. The fraction of sp³-hybridized carbons (Fsp3) is 0.760. The van der Waals surface area contributed by atoms with Gasteiger partial charge in [-0.2, -0.15) is 0 Å². The van der Waals surface area contributed by atoms with E-state index in [0.717, 1.165) is 31.2 Å². The van der Waals surface area contributed by atoms with Gasteiger partial charge in [0.05, 0.1) is 31.5 Å². The number of nitrogens with one attached hydrogen (secondary N) is 3. The highest BCUT2D eigenvalue weighted by molar-refractivity contribution is 5.26. The van der Waals surface area contributed by atoms with Gasteiger partial charge in [-0.15, -0.1) is 0 Å². The van der Waals surface area contributed by atoms with Gasteiger partial charge in [-0.1, -0.05) is 43.5 Å². The Balaban J connectivity index is 1.15. The van der Waals surface area contributed by atoms with Crippen LogP contribution < -0.4 is 21.9 Å². The predicted octanol–water partition coefficient (Wildman–Crippen LogP) is 2.04. The van der Waals surface area contributed by atoms with Gasteiger partial charge in [-0.3, -0.25) is 16.1 Å². The van der Waals surface area contributed by atoms with Crippen LogP contribution in [0.4, 0.5) is 0 Å². The monoisotopic (exact) mass is 443 g/mol. The van der Waals surface area contributed by atoms with Crippen molar-refractivity contribution in [1.82, 2.24) is 21.0 Å². The third kappa shape index (κ3) is 5.36. The number of nitrogens with zero attached hydrogens (tertiary/aromatic N) is 1. The van der Waals surface area contributed by atoms with Gasteiger partial charge < -0.3 is 14.8 Å². The molecule has 5 rings (SSSR count). The van der Waals surface area contributed by atoms with E-state index in [1.54, 1.807) is 0 Å². The Kier molecular flexibility index (Phi) is 7.75. The van der Waals surface area contributed by atoms with Crippen molar-refractivity contribution in [3.05, 3.63) is 35.4 Å². The lowest BCUT2D eigenvalue weighted by molar-refractivity contribution is 0.0642. The first kappa shape index (κ1) is 22.7. The number of benzene rings is 1. The summed E-state index contributed by atoms with van der Waals surface area (Å²) in [6.07, 6.45) is 9.59. The Hall–Kier alpha value is -1.06. The number of rotatable bonds is 9. The zero-order valence-electron chi connectivity index (χ0n) is 19.3. The maximum absolute atomic E-state index is 6.21. The summed E-state index contributed by atoms with van der Waals surface area (Å²) in [5.41, 5.74) is 5.48. The van der Waals surface area contributed by atoms with Crippen molar-refractivity contribution in [3.63, 3.8) is 0 Å². The lowest BCUT2D eigenvalue weighted by Crippen LogP contribution is -2.49. The normalized spacial score (nSPS) is 32.4. The standard InChI is InChI=1S/C25H41N5O2/c26-29-25(20-10-6-9-19(13-20)15-30-11-4-5-12-30)28-22-17-32-23-21(16-31-24(22)23)27-14-18-7-2-1-3-8-18/h6,9-10,13,18,21-25,27-29H,1-5,7-8,11-12,14-17,26H2. The number of fused-ring (bicyclic) bond motifs is 1. The molecule has 3 aliphatic heterocycles. The van der Waals surface area contributed by atoms with E-state index in [1.807, 2.05) is 0 Å². The molecule has 1 aromatic rings. The molecule has 0 spiro atoms. The molecule has 1 aromatic carbocycles. The maximum atomic E-state index is 6.21. The second-order valence-electron chi connectivity index (χ2n) is 10.2. The van der Waals surface area contributed by atoms with Crippen LogP contribution in [-0.4, -0.2) is 62.0 Å². The molecule has 4 aliphatic rings. The highest BCUT2D eigenvalue weighted by Crippen LogP contribution is 2.30. The molecule has 5 atom stereocenters. The molecule has 32 heavy (non-hydrogen) atoms. The Labute approximate surface area is 192 Å². The second kappa shape index (κ2) is 10.9. The van der Waals surface area contributed by atoms with Crippen LogP contribution in [0, 0.1) is 5.92 Å². The van der Waals surface area contributed by atoms with Gasteiger partial charge in [-0.05, 0) is 62.4 Å². The molecule has 1 saturated carbocycles. The number of hydrogen-bond donors (Lipinski definition) is 4. The van der Waals surface area contributed by atoms with Crippen molar-refractivity contribution in [3.8, 4) is 0 Å². The van der Waals surface area contributed by atoms with E-state index in [2.05, 4.69) is 45.2 Å². The summed E-state index contributed by atoms with van der Waals surface area (Å²) in [4.78, 5) is 2.53. The fourth-order valence-corrected chi connectivity index (χ4v) is 6.05. The first-order valence-electron chi connectivity index (χ1n) is 12.8. The smallest absolute Gasteiger partial charge is 0.103 e. The molecular weight excluding hydrogens is 402 g/mol. The Morgan fingerprint density at radius 3 is 2.50 bits per heavy atom. The fourth-order valence-electron chi connectivity index (χ4n) is 6.05. The number of likely N-dealkylation sites (tertiary alicyclic amines) is 1. The van der Waals surface area contributed by atoms with Crippen LogP contribution in [0.3, 0.4) is 0 Å². The molecule has 178 valence electrons. The van der Waals surface area contributed by atoms with E-state index in [4.69, 9.17) is 15.3 Å². The second-order valence-corrected chi connectivity index (χ2v) is 10.2. The van der Waals surface area contributed by atoms with Gasteiger partial charge in [0.25, 0.3) is 0 Å². The van der Waals surface area contributed by atoms with Crippen LogP contribution in [-0.2, 0) is 16.0 Å². The molecule has 0 aromatic heterocycles. The molecule has 5 unspecified atom stereocenters. The molecule has 0 bridgehead atoms. The van der Waals surface area contributed by atoms with Crippen molar-refractivity contribution in [2.24, 2.45) is 11.8 Å². The van der Waals surface area contributed by atoms with Gasteiger partial charge in [0.1, 0.15) is 12.2 Å². The SMILES string of the molecule is NNC(NC1COC2C(NCC3CCCCC3)COC12)c1cccc(CN2CCCC2)c1. The molecule has 0 radical (unpaired) electrons. The quantitative estimate of drug-likeness (QED) is 0.264. The van der Waals surface area contributed by atoms with Crippen molar-refractivity contribution < 1.29 is 9.47 Å². The Bertz CT molecular complexity index is 722. The van der Waals surface area contributed by atoms with Gasteiger partial charge in [0.15, 0.2) is 0 Å². The number of hydrazine groups is 1. The summed E-state index contributed by atoms with van der Waals surface area (Å²) >= 11 is 0. The van der Waals surface area contributed by atoms with Crippen molar-refractivity contribution in [2.75, 3.05) is 32.8 Å². The lowest BCUT2D eigenvalue weighted by Gasteiger charge is -2.26. The molecule has 3 saturated heterocycles. The molecule has 3 heterocycles. The molecule has 7 nitrogen and oxygen atoms in total. The van der Waals surface area contributed by atoms with Gasteiger partial charge in [-0.25, -0.2) is 5.43 Å². The van der Waals surface area contributed by atoms with Crippen molar-refractivity contribution >= 4 is 0 Å². The zero-order valence-corrected chi connectivity index (χ0v) is 19.3. The van der Waals surface area contributed by atoms with E-state index in [-0.39, 0.29) is 24.4 Å². The number of hydrogen-bond acceptors (Lipinski definition) is 7. The topological polar surface area (TPSA) is 83.8 Å².